The molecule has 0 aliphatic heterocycles. The average Bonchev–Trinajstić information content (AvgIpc) is 2.97. The van der Waals surface area contributed by atoms with Crippen molar-refractivity contribution < 1.29 is 9.53 Å². The molecule has 0 radical (unpaired) electrons. The molecule has 0 aromatic carbocycles. The van der Waals surface area contributed by atoms with E-state index in [0.717, 1.165) is 17.2 Å². The number of hydrogen-bond acceptors (Lipinski definition) is 6. The van der Waals surface area contributed by atoms with Crippen LogP contribution in [-0.4, -0.2) is 27.3 Å². The minimum Gasteiger partial charge on any atom is -0.462 e. The first-order valence-corrected chi connectivity index (χ1v) is 7.23. The van der Waals surface area contributed by atoms with E-state index in [0.29, 0.717) is 18.7 Å². The van der Waals surface area contributed by atoms with Crippen LogP contribution in [0.2, 0.25) is 0 Å². The van der Waals surface area contributed by atoms with Crippen LogP contribution in [0, 0.1) is 6.92 Å². The number of aromatic nitrogens is 3. The molecule has 0 aliphatic carbocycles. The van der Waals surface area contributed by atoms with Crippen molar-refractivity contribution in [2.24, 2.45) is 7.05 Å². The van der Waals surface area contributed by atoms with E-state index < -0.39 is 0 Å². The number of carbonyl (C=O) groups excluding carboxylic acids is 1. The lowest BCUT2D eigenvalue weighted by Crippen LogP contribution is -2.18. The monoisotopic (exact) mass is 294 g/mol. The van der Waals surface area contributed by atoms with E-state index in [1.165, 1.54) is 4.88 Å². The summed E-state index contributed by atoms with van der Waals surface area (Å²) in [6.45, 7) is 5.41. The quantitative estimate of drug-likeness (QED) is 0.820. The second kappa shape index (κ2) is 6.62. The van der Waals surface area contributed by atoms with Gasteiger partial charge in [-0.1, -0.05) is 0 Å². The molecule has 0 aliphatic rings. The zero-order valence-electron chi connectivity index (χ0n) is 11.8. The summed E-state index contributed by atoms with van der Waals surface area (Å²) in [6, 6.07) is 0. The van der Waals surface area contributed by atoms with Gasteiger partial charge in [0.2, 0.25) is 0 Å². The maximum absolute atomic E-state index is 11.8. The predicted octanol–water partition coefficient (Wildman–Crippen LogP) is 1.65. The molecule has 1 N–H and O–H groups in total. The molecule has 7 heteroatoms. The van der Waals surface area contributed by atoms with Crippen molar-refractivity contribution in [2.75, 3.05) is 6.61 Å². The minimum atomic E-state index is -0.328. The van der Waals surface area contributed by atoms with Gasteiger partial charge in [-0.2, -0.15) is 5.10 Å². The molecule has 0 bridgehead atoms. The lowest BCUT2D eigenvalue weighted by Gasteiger charge is -2.07. The molecule has 0 saturated heterocycles. The Balaban J connectivity index is 1.98. The van der Waals surface area contributed by atoms with Crippen molar-refractivity contribution in [3.8, 4) is 0 Å². The summed E-state index contributed by atoms with van der Waals surface area (Å²) in [5.74, 6) is -0.328. The molecule has 2 rings (SSSR count). The number of rotatable bonds is 6. The van der Waals surface area contributed by atoms with Gasteiger partial charge in [0, 0.05) is 31.2 Å². The average molecular weight is 294 g/mol. The Morgan fingerprint density at radius 2 is 2.25 bits per heavy atom. The number of esters is 1. The van der Waals surface area contributed by atoms with Crippen molar-refractivity contribution in [3.63, 3.8) is 0 Å². The van der Waals surface area contributed by atoms with E-state index >= 15 is 0 Å². The van der Waals surface area contributed by atoms with Gasteiger partial charge < -0.3 is 10.1 Å². The number of thiazole rings is 1. The Bertz CT molecular complexity index is 591. The molecule has 6 nitrogen and oxygen atoms in total. The zero-order chi connectivity index (χ0) is 14.5. The van der Waals surface area contributed by atoms with E-state index in [4.69, 9.17) is 4.74 Å². The van der Waals surface area contributed by atoms with Gasteiger partial charge >= 0.3 is 5.97 Å². The van der Waals surface area contributed by atoms with Crippen LogP contribution in [0.15, 0.2) is 12.4 Å². The summed E-state index contributed by atoms with van der Waals surface area (Å²) in [5, 5.41) is 8.46. The normalized spacial score (nSPS) is 10.8. The van der Waals surface area contributed by atoms with Crippen molar-refractivity contribution in [1.29, 1.82) is 0 Å². The number of nitrogens with one attached hydrogen (secondary N) is 1. The Morgan fingerprint density at radius 3 is 2.90 bits per heavy atom. The summed E-state index contributed by atoms with van der Waals surface area (Å²) in [5.41, 5.74) is 1.34. The molecule has 0 unspecified atom stereocenters. The van der Waals surface area contributed by atoms with E-state index in [1.54, 1.807) is 29.1 Å². The van der Waals surface area contributed by atoms with E-state index in [1.807, 2.05) is 20.2 Å². The van der Waals surface area contributed by atoms with Gasteiger partial charge in [-0.15, -0.1) is 11.3 Å². The second-order valence-corrected chi connectivity index (χ2v) is 5.62. The van der Waals surface area contributed by atoms with Crippen LogP contribution in [0.4, 0.5) is 0 Å². The fourth-order valence-electron chi connectivity index (χ4n) is 1.84. The molecule has 108 valence electrons. The van der Waals surface area contributed by atoms with Crippen molar-refractivity contribution in [1.82, 2.24) is 20.1 Å². The highest BCUT2D eigenvalue weighted by atomic mass is 32.1. The fourth-order valence-corrected chi connectivity index (χ4v) is 2.61. The van der Waals surface area contributed by atoms with Crippen LogP contribution >= 0.6 is 11.3 Å². The molecule has 20 heavy (non-hydrogen) atoms. The molecule has 2 aromatic heterocycles. The first-order chi connectivity index (χ1) is 9.61. The summed E-state index contributed by atoms with van der Waals surface area (Å²) < 4.78 is 6.71. The third-order valence-corrected chi connectivity index (χ3v) is 3.73. The Labute approximate surface area is 121 Å². The van der Waals surface area contributed by atoms with Crippen LogP contribution in [-0.2, 0) is 24.9 Å². The van der Waals surface area contributed by atoms with Crippen LogP contribution in [0.25, 0.3) is 0 Å². The highest BCUT2D eigenvalue weighted by Crippen LogP contribution is 2.12. The second-order valence-electron chi connectivity index (χ2n) is 4.30. The minimum absolute atomic E-state index is 0.328. The summed E-state index contributed by atoms with van der Waals surface area (Å²) in [6.07, 6.45) is 3.41. The van der Waals surface area contributed by atoms with Crippen LogP contribution in [0.5, 0.6) is 0 Å². The van der Waals surface area contributed by atoms with Gasteiger partial charge in [0.05, 0.1) is 23.5 Å². The summed E-state index contributed by atoms with van der Waals surface area (Å²) in [7, 11) is 1.82. The fraction of sp³-hybridized carbons (Fsp3) is 0.462. The third kappa shape index (κ3) is 3.43. The maximum atomic E-state index is 11.8. The first kappa shape index (κ1) is 14.7. The zero-order valence-corrected chi connectivity index (χ0v) is 12.7. The Hall–Kier alpha value is -1.73. The number of carbonyl (C=O) groups is 1. The van der Waals surface area contributed by atoms with Gasteiger partial charge in [0.1, 0.15) is 5.56 Å². The van der Waals surface area contributed by atoms with Crippen LogP contribution < -0.4 is 5.32 Å². The number of hydrogen-bond donors (Lipinski definition) is 1. The van der Waals surface area contributed by atoms with Gasteiger partial charge in [-0.25, -0.2) is 9.78 Å². The molecule has 2 heterocycles. The molecule has 0 saturated carbocycles. The molecule has 0 spiro atoms. The highest BCUT2D eigenvalue weighted by molar-refractivity contribution is 7.11. The highest BCUT2D eigenvalue weighted by Gasteiger charge is 2.16. The summed E-state index contributed by atoms with van der Waals surface area (Å²) >= 11 is 1.66. The smallest absolute Gasteiger partial charge is 0.341 e. The lowest BCUT2D eigenvalue weighted by atomic mass is 10.2. The van der Waals surface area contributed by atoms with E-state index in [-0.39, 0.29) is 5.97 Å². The topological polar surface area (TPSA) is 69.0 Å². The van der Waals surface area contributed by atoms with Crippen molar-refractivity contribution in [2.45, 2.75) is 26.9 Å². The van der Waals surface area contributed by atoms with E-state index in [2.05, 4.69) is 15.4 Å². The molecular weight excluding hydrogens is 276 g/mol. The Kier molecular flexibility index (Phi) is 4.86. The van der Waals surface area contributed by atoms with Gasteiger partial charge in [-0.05, 0) is 13.8 Å². The van der Waals surface area contributed by atoms with Gasteiger partial charge in [0.25, 0.3) is 0 Å². The molecule has 0 amide bonds. The summed E-state index contributed by atoms with van der Waals surface area (Å²) in [4.78, 5) is 17.2. The molecule has 2 aromatic rings. The SMILES string of the molecule is CCOC(=O)c1cnn(C)c1CNCc1cnc(C)s1. The Morgan fingerprint density at radius 1 is 1.45 bits per heavy atom. The van der Waals surface area contributed by atoms with Crippen LogP contribution in [0.1, 0.15) is 32.9 Å². The standard InChI is InChI=1S/C13H18N4O2S/c1-4-19-13(18)11-7-16-17(3)12(11)8-14-5-10-6-15-9(2)20-10/h6-7,14H,4-5,8H2,1-3H3. The lowest BCUT2D eigenvalue weighted by molar-refractivity contribution is 0.0524. The van der Waals surface area contributed by atoms with E-state index in [9.17, 15) is 4.79 Å². The first-order valence-electron chi connectivity index (χ1n) is 6.41. The van der Waals surface area contributed by atoms with Crippen molar-refractivity contribution in [3.05, 3.63) is 33.5 Å². The molecule has 0 fully saturated rings. The number of nitrogens with zero attached hydrogens (tertiary/aromatic N) is 3. The largest absolute Gasteiger partial charge is 0.462 e. The predicted molar refractivity (Wildman–Crippen MR) is 76.6 cm³/mol. The van der Waals surface area contributed by atoms with Crippen LogP contribution in [0.3, 0.4) is 0 Å². The van der Waals surface area contributed by atoms with Gasteiger partial charge in [0.15, 0.2) is 0 Å². The van der Waals surface area contributed by atoms with Crippen molar-refractivity contribution >= 4 is 17.3 Å². The molecule has 0 atom stereocenters. The molecular formula is C13H18N4O2S. The maximum Gasteiger partial charge on any atom is 0.341 e. The number of ether oxygens (including phenoxy) is 1. The third-order valence-electron chi connectivity index (χ3n) is 2.82. The number of aryl methyl sites for hydroxylation is 2. The van der Waals surface area contributed by atoms with Gasteiger partial charge in [-0.3, -0.25) is 4.68 Å².